The molecule has 0 amide bonds. The van der Waals surface area contributed by atoms with Crippen LogP contribution in [0.5, 0.6) is 0 Å². The third-order valence-corrected chi connectivity index (χ3v) is 5.94. The molecule has 4 rings (SSSR count). The number of hydrogen-bond donors (Lipinski definition) is 2. The van der Waals surface area contributed by atoms with E-state index in [2.05, 4.69) is 41.6 Å². The molecule has 0 bridgehead atoms. The first-order chi connectivity index (χ1) is 12.7. The Morgan fingerprint density at radius 1 is 1.35 bits per heavy atom. The zero-order chi connectivity index (χ0) is 18.0. The van der Waals surface area contributed by atoms with Crippen LogP contribution in [0.3, 0.4) is 0 Å². The highest BCUT2D eigenvalue weighted by molar-refractivity contribution is 5.37. The molecule has 1 fully saturated rings. The predicted molar refractivity (Wildman–Crippen MR) is 101 cm³/mol. The molecule has 1 aliphatic heterocycles. The van der Waals surface area contributed by atoms with Crippen LogP contribution in [0.2, 0.25) is 0 Å². The van der Waals surface area contributed by atoms with Crippen molar-refractivity contribution in [1.82, 2.24) is 15.1 Å². The molecule has 140 valence electrons. The summed E-state index contributed by atoms with van der Waals surface area (Å²) < 4.78 is 8.15. The van der Waals surface area contributed by atoms with E-state index in [1.165, 1.54) is 11.3 Å². The first kappa shape index (κ1) is 17.7. The summed E-state index contributed by atoms with van der Waals surface area (Å²) in [5.74, 6) is 0.408. The Hall–Kier alpha value is -1.69. The Kier molecular flexibility index (Phi) is 5.11. The van der Waals surface area contributed by atoms with Crippen molar-refractivity contribution in [1.29, 1.82) is 0 Å². The highest BCUT2D eigenvalue weighted by atomic mass is 16.5. The minimum Gasteiger partial charge on any atom is -0.384 e. The summed E-state index contributed by atoms with van der Waals surface area (Å²) in [5, 5.41) is 19.0. The van der Waals surface area contributed by atoms with Gasteiger partial charge in [0.2, 0.25) is 0 Å². The van der Waals surface area contributed by atoms with Crippen molar-refractivity contribution >= 4 is 0 Å². The quantitative estimate of drug-likeness (QED) is 0.837. The summed E-state index contributed by atoms with van der Waals surface area (Å²) in [6.45, 7) is 5.23. The van der Waals surface area contributed by atoms with Crippen molar-refractivity contribution in [2.75, 3.05) is 19.7 Å². The largest absolute Gasteiger partial charge is 0.384 e. The molecule has 1 aliphatic carbocycles. The fourth-order valence-electron chi connectivity index (χ4n) is 4.54. The van der Waals surface area contributed by atoms with Crippen LogP contribution in [0.25, 0.3) is 0 Å². The number of nitrogens with zero attached hydrogens (tertiary/aromatic N) is 2. The maximum atomic E-state index is 11.1. The zero-order valence-corrected chi connectivity index (χ0v) is 15.5. The van der Waals surface area contributed by atoms with E-state index in [1.807, 2.05) is 16.9 Å². The average Bonchev–Trinajstić information content (AvgIpc) is 3.28. The molecule has 0 radical (unpaired) electrons. The molecule has 1 saturated heterocycles. The minimum atomic E-state index is -0.743. The number of benzene rings is 1. The van der Waals surface area contributed by atoms with Gasteiger partial charge in [-0.25, -0.2) is 0 Å². The monoisotopic (exact) mass is 355 g/mol. The number of ether oxygens (including phenoxy) is 1. The van der Waals surface area contributed by atoms with Gasteiger partial charge in [-0.1, -0.05) is 24.3 Å². The fourth-order valence-corrected chi connectivity index (χ4v) is 4.54. The van der Waals surface area contributed by atoms with E-state index in [9.17, 15) is 5.11 Å². The third-order valence-electron chi connectivity index (χ3n) is 5.94. The number of aromatic nitrogens is 2. The summed E-state index contributed by atoms with van der Waals surface area (Å²) >= 11 is 0. The van der Waals surface area contributed by atoms with Crippen LogP contribution < -0.4 is 5.32 Å². The van der Waals surface area contributed by atoms with Crippen molar-refractivity contribution < 1.29 is 9.84 Å². The highest BCUT2D eigenvalue weighted by Crippen LogP contribution is 2.37. The first-order valence-corrected chi connectivity index (χ1v) is 9.86. The Bertz CT molecular complexity index is 744. The number of aryl methyl sites for hydroxylation is 2. The molecule has 2 aliphatic rings. The van der Waals surface area contributed by atoms with Crippen LogP contribution in [-0.4, -0.2) is 34.6 Å². The number of rotatable bonds is 6. The molecule has 2 N–H and O–H groups in total. The van der Waals surface area contributed by atoms with Gasteiger partial charge in [0.05, 0.1) is 5.69 Å². The van der Waals surface area contributed by atoms with E-state index in [4.69, 9.17) is 4.74 Å². The van der Waals surface area contributed by atoms with E-state index in [0.717, 1.165) is 50.9 Å². The summed E-state index contributed by atoms with van der Waals surface area (Å²) in [4.78, 5) is 0. The van der Waals surface area contributed by atoms with Crippen molar-refractivity contribution in [2.45, 2.75) is 50.9 Å². The van der Waals surface area contributed by atoms with Crippen molar-refractivity contribution in [3.8, 4) is 0 Å². The molecule has 3 atom stereocenters. The number of fused-ring (bicyclic) bond motifs is 1. The minimum absolute atomic E-state index is 0.0872. The SMILES string of the molecule is CCn1nccc1[C@@H]1OCCC[C@H]1CNCC1(O)CCc2ccccc21. The fraction of sp³-hybridized carbons (Fsp3) is 0.571. The van der Waals surface area contributed by atoms with Gasteiger partial charge >= 0.3 is 0 Å². The van der Waals surface area contributed by atoms with E-state index in [-0.39, 0.29) is 6.10 Å². The normalized spacial score (nSPS) is 28.2. The molecule has 2 heterocycles. The van der Waals surface area contributed by atoms with Crippen molar-refractivity contribution in [3.05, 3.63) is 53.3 Å². The summed E-state index contributed by atoms with van der Waals surface area (Å²) in [6, 6.07) is 10.3. The Morgan fingerprint density at radius 3 is 3.12 bits per heavy atom. The molecule has 26 heavy (non-hydrogen) atoms. The smallest absolute Gasteiger partial charge is 0.103 e. The van der Waals surface area contributed by atoms with Crippen LogP contribution in [0, 0.1) is 5.92 Å². The average molecular weight is 355 g/mol. The lowest BCUT2D eigenvalue weighted by Gasteiger charge is -2.33. The number of hydrogen-bond acceptors (Lipinski definition) is 4. The molecule has 0 saturated carbocycles. The standard InChI is InChI=1S/C21H29N3O2/c1-2-24-19(10-12-23-24)20-17(7-5-13-26-20)14-22-15-21(25)11-9-16-6-3-4-8-18(16)21/h3-4,6,8,10,12,17,20,22,25H,2,5,7,9,11,13-15H2,1H3/t17-,20+,21?/m0/s1. The Balaban J connectivity index is 1.41. The third kappa shape index (κ3) is 3.31. The second kappa shape index (κ2) is 7.51. The van der Waals surface area contributed by atoms with Crippen molar-refractivity contribution in [2.24, 2.45) is 5.92 Å². The van der Waals surface area contributed by atoms with Gasteiger partial charge in [0, 0.05) is 38.4 Å². The molecular weight excluding hydrogens is 326 g/mol. The lowest BCUT2D eigenvalue weighted by Crippen LogP contribution is -2.40. The Labute approximate surface area is 155 Å². The van der Waals surface area contributed by atoms with Gasteiger partial charge in [-0.2, -0.15) is 5.10 Å². The van der Waals surface area contributed by atoms with E-state index in [1.54, 1.807) is 0 Å². The molecular formula is C21H29N3O2. The molecule has 1 unspecified atom stereocenters. The van der Waals surface area contributed by atoms with Crippen LogP contribution >= 0.6 is 0 Å². The van der Waals surface area contributed by atoms with Gasteiger partial charge in [-0.3, -0.25) is 4.68 Å². The van der Waals surface area contributed by atoms with Gasteiger partial charge in [0.1, 0.15) is 11.7 Å². The summed E-state index contributed by atoms with van der Waals surface area (Å²) in [7, 11) is 0. The van der Waals surface area contributed by atoms with Gasteiger partial charge in [0.25, 0.3) is 0 Å². The van der Waals surface area contributed by atoms with Crippen LogP contribution in [0.4, 0.5) is 0 Å². The van der Waals surface area contributed by atoms with Gasteiger partial charge in [-0.05, 0) is 49.8 Å². The number of nitrogens with one attached hydrogen (secondary N) is 1. The molecule has 2 aromatic rings. The van der Waals surface area contributed by atoms with E-state index in [0.29, 0.717) is 12.5 Å². The molecule has 0 spiro atoms. The lowest BCUT2D eigenvalue weighted by atomic mass is 9.91. The number of aliphatic hydroxyl groups is 1. The maximum absolute atomic E-state index is 11.1. The topological polar surface area (TPSA) is 59.3 Å². The highest BCUT2D eigenvalue weighted by Gasteiger charge is 2.37. The van der Waals surface area contributed by atoms with Gasteiger partial charge in [0.15, 0.2) is 0 Å². The van der Waals surface area contributed by atoms with Gasteiger partial charge < -0.3 is 15.2 Å². The van der Waals surface area contributed by atoms with Crippen LogP contribution in [0.1, 0.15) is 49.1 Å². The van der Waals surface area contributed by atoms with Crippen molar-refractivity contribution in [3.63, 3.8) is 0 Å². The summed E-state index contributed by atoms with van der Waals surface area (Å²) in [5.41, 5.74) is 2.80. The van der Waals surface area contributed by atoms with E-state index < -0.39 is 5.60 Å². The molecule has 1 aromatic heterocycles. The lowest BCUT2D eigenvalue weighted by molar-refractivity contribution is -0.0354. The molecule has 1 aromatic carbocycles. The summed E-state index contributed by atoms with van der Waals surface area (Å²) in [6.07, 6.45) is 5.94. The Morgan fingerprint density at radius 2 is 2.23 bits per heavy atom. The zero-order valence-electron chi connectivity index (χ0n) is 15.5. The second-order valence-corrected chi connectivity index (χ2v) is 7.59. The maximum Gasteiger partial charge on any atom is 0.103 e. The second-order valence-electron chi connectivity index (χ2n) is 7.59. The molecule has 5 heteroatoms. The predicted octanol–water partition coefficient (Wildman–Crippen LogP) is 2.79. The van der Waals surface area contributed by atoms with Gasteiger partial charge in [-0.15, -0.1) is 0 Å². The van der Waals surface area contributed by atoms with Crippen LogP contribution in [-0.2, 0) is 23.3 Å². The van der Waals surface area contributed by atoms with E-state index >= 15 is 0 Å². The van der Waals surface area contributed by atoms with Crippen LogP contribution in [0.15, 0.2) is 36.5 Å². The molecule has 5 nitrogen and oxygen atoms in total. The first-order valence-electron chi connectivity index (χ1n) is 9.86.